The van der Waals surface area contributed by atoms with Gasteiger partial charge in [-0.25, -0.2) is 4.79 Å². The van der Waals surface area contributed by atoms with Gasteiger partial charge in [-0.15, -0.1) is 0 Å². The number of rotatable bonds is 8. The number of aromatic nitrogens is 1. The summed E-state index contributed by atoms with van der Waals surface area (Å²) in [5.41, 5.74) is -0.333. The maximum atomic E-state index is 13.5. The quantitative estimate of drug-likeness (QED) is 0.358. The molecule has 0 saturated heterocycles. The fourth-order valence-electron chi connectivity index (χ4n) is 4.57. The lowest BCUT2D eigenvalue weighted by Gasteiger charge is -2.33. The van der Waals surface area contributed by atoms with E-state index >= 15 is 0 Å². The Bertz CT molecular complexity index is 1210. The Morgan fingerprint density at radius 2 is 1.78 bits per heavy atom. The highest BCUT2D eigenvalue weighted by Gasteiger charge is 2.36. The van der Waals surface area contributed by atoms with Crippen molar-refractivity contribution < 1.29 is 32.5 Å². The van der Waals surface area contributed by atoms with Gasteiger partial charge in [-0.2, -0.15) is 13.2 Å². The van der Waals surface area contributed by atoms with Crippen molar-refractivity contribution >= 4 is 17.3 Å². The molecule has 36 heavy (non-hydrogen) atoms. The van der Waals surface area contributed by atoms with Crippen molar-refractivity contribution in [2.24, 2.45) is 0 Å². The van der Waals surface area contributed by atoms with Crippen LogP contribution in [0.15, 0.2) is 60.9 Å². The van der Waals surface area contributed by atoms with Crippen LogP contribution in [-0.4, -0.2) is 29.3 Å². The smallest absolute Gasteiger partial charge is 0.417 e. The summed E-state index contributed by atoms with van der Waals surface area (Å²) in [4.78, 5) is 17.7. The highest BCUT2D eigenvalue weighted by Crippen LogP contribution is 2.42. The van der Waals surface area contributed by atoms with Crippen LogP contribution in [0.5, 0.6) is 11.5 Å². The third-order valence-corrected chi connectivity index (χ3v) is 6.39. The van der Waals surface area contributed by atoms with Crippen LogP contribution in [0.1, 0.15) is 60.1 Å². The molecule has 0 aliphatic heterocycles. The van der Waals surface area contributed by atoms with Crippen LogP contribution < -0.4 is 14.4 Å². The lowest BCUT2D eigenvalue weighted by atomic mass is 10.0. The van der Waals surface area contributed by atoms with E-state index in [2.05, 4.69) is 4.98 Å². The number of methoxy groups -OCH3 is 1. The maximum absolute atomic E-state index is 13.5. The molecule has 1 atom stereocenters. The van der Waals surface area contributed by atoms with Crippen LogP contribution in [-0.2, 0) is 6.18 Å². The Morgan fingerprint density at radius 1 is 1.08 bits per heavy atom. The molecule has 190 valence electrons. The van der Waals surface area contributed by atoms with Crippen molar-refractivity contribution in [2.45, 2.75) is 50.9 Å². The van der Waals surface area contributed by atoms with E-state index in [0.717, 1.165) is 43.4 Å². The van der Waals surface area contributed by atoms with Gasteiger partial charge < -0.3 is 19.5 Å². The van der Waals surface area contributed by atoms with Crippen molar-refractivity contribution in [3.8, 4) is 11.5 Å². The summed E-state index contributed by atoms with van der Waals surface area (Å²) < 4.78 is 52.2. The second kappa shape index (κ2) is 10.5. The molecule has 1 aromatic heterocycles. The van der Waals surface area contributed by atoms with Gasteiger partial charge in [-0.05, 0) is 74.6 Å². The molecule has 1 N–H and O–H groups in total. The van der Waals surface area contributed by atoms with E-state index in [9.17, 15) is 23.1 Å². The minimum absolute atomic E-state index is 0.0584. The van der Waals surface area contributed by atoms with Gasteiger partial charge in [0.25, 0.3) is 0 Å². The van der Waals surface area contributed by atoms with Crippen LogP contribution in [0, 0.1) is 0 Å². The number of alkyl halides is 3. The van der Waals surface area contributed by atoms with Crippen LogP contribution >= 0.6 is 0 Å². The summed E-state index contributed by atoms with van der Waals surface area (Å²) in [6, 6.07) is 11.7. The molecule has 2 aromatic carbocycles. The second-order valence-corrected chi connectivity index (χ2v) is 8.72. The largest absolute Gasteiger partial charge is 0.493 e. The highest BCUT2D eigenvalue weighted by molar-refractivity contribution is 5.91. The number of hydrogen-bond acceptors (Lipinski definition) is 5. The molecule has 0 radical (unpaired) electrons. The Labute approximate surface area is 207 Å². The number of carbonyl (C=O) groups is 1. The number of halogens is 3. The summed E-state index contributed by atoms with van der Waals surface area (Å²) >= 11 is 0. The molecule has 0 bridgehead atoms. The van der Waals surface area contributed by atoms with Gasteiger partial charge in [0, 0.05) is 29.8 Å². The molecule has 0 spiro atoms. The lowest BCUT2D eigenvalue weighted by Crippen LogP contribution is -2.23. The number of hydrogen-bond donors (Lipinski definition) is 1. The first-order valence-corrected chi connectivity index (χ1v) is 11.7. The van der Waals surface area contributed by atoms with E-state index in [1.54, 1.807) is 48.7 Å². The minimum atomic E-state index is -4.80. The summed E-state index contributed by atoms with van der Waals surface area (Å²) in [5, 5.41) is 9.57. The van der Waals surface area contributed by atoms with Crippen molar-refractivity contribution in [3.63, 3.8) is 0 Å². The fourth-order valence-corrected chi connectivity index (χ4v) is 4.57. The Hall–Kier alpha value is -3.75. The molecule has 1 aliphatic carbocycles. The van der Waals surface area contributed by atoms with E-state index in [0.29, 0.717) is 17.2 Å². The first-order chi connectivity index (χ1) is 17.2. The average molecular weight is 501 g/mol. The van der Waals surface area contributed by atoms with Gasteiger partial charge in [0.05, 0.1) is 30.4 Å². The molecule has 0 amide bonds. The lowest BCUT2D eigenvalue weighted by molar-refractivity contribution is -0.138. The first kappa shape index (κ1) is 25.3. The number of ether oxygens (including phenoxy) is 2. The van der Waals surface area contributed by atoms with Crippen molar-refractivity contribution in [1.29, 1.82) is 0 Å². The molecule has 1 heterocycles. The van der Waals surface area contributed by atoms with Crippen LogP contribution in [0.3, 0.4) is 0 Å². The number of aromatic carboxylic acids is 1. The molecular formula is C27H27F3N2O4. The number of carboxylic acid groups (broad SMARTS) is 1. The zero-order valence-corrected chi connectivity index (χ0v) is 20.0. The minimum Gasteiger partial charge on any atom is -0.493 e. The van der Waals surface area contributed by atoms with E-state index in [-0.39, 0.29) is 11.8 Å². The zero-order chi connectivity index (χ0) is 25.9. The molecule has 3 aromatic rings. The van der Waals surface area contributed by atoms with Gasteiger partial charge in [0.1, 0.15) is 0 Å². The standard InChI is InChI=1S/C27H27F3N2O4/c1-17(18-6-5-13-31-16-18)32(19-9-11-23(27(28,29)30)22(14-19)26(33)34)20-10-12-24(35-2)25(15-20)36-21-7-3-4-8-21/h5-6,9-17,21H,3-4,7-8H2,1-2H3,(H,33,34). The number of carboxylic acids is 1. The molecule has 9 heteroatoms. The normalized spacial score (nSPS) is 14.9. The van der Waals surface area contributed by atoms with E-state index in [1.165, 1.54) is 6.07 Å². The molecule has 1 fully saturated rings. The van der Waals surface area contributed by atoms with E-state index in [1.807, 2.05) is 13.0 Å². The monoisotopic (exact) mass is 500 g/mol. The molecule has 1 unspecified atom stereocenters. The van der Waals surface area contributed by atoms with Crippen molar-refractivity contribution in [3.05, 3.63) is 77.6 Å². The Balaban J connectivity index is 1.84. The van der Waals surface area contributed by atoms with Crippen LogP contribution in [0.25, 0.3) is 0 Å². The molecule has 1 aliphatic rings. The van der Waals surface area contributed by atoms with E-state index in [4.69, 9.17) is 9.47 Å². The number of pyridine rings is 1. The van der Waals surface area contributed by atoms with Crippen molar-refractivity contribution in [1.82, 2.24) is 4.98 Å². The topological polar surface area (TPSA) is 71.9 Å². The maximum Gasteiger partial charge on any atom is 0.417 e. The summed E-state index contributed by atoms with van der Waals surface area (Å²) in [6.07, 6.45) is 2.59. The third kappa shape index (κ3) is 5.40. The molecule has 1 saturated carbocycles. The second-order valence-electron chi connectivity index (χ2n) is 8.72. The van der Waals surface area contributed by atoms with Gasteiger partial charge >= 0.3 is 12.1 Å². The zero-order valence-electron chi connectivity index (χ0n) is 20.0. The van der Waals surface area contributed by atoms with Gasteiger partial charge in [-0.3, -0.25) is 4.98 Å². The summed E-state index contributed by atoms with van der Waals surface area (Å²) in [6.45, 7) is 1.87. The molecular weight excluding hydrogens is 473 g/mol. The third-order valence-electron chi connectivity index (χ3n) is 6.39. The Morgan fingerprint density at radius 3 is 2.39 bits per heavy atom. The van der Waals surface area contributed by atoms with Gasteiger partial charge in [0.2, 0.25) is 0 Å². The molecule has 6 nitrogen and oxygen atoms in total. The predicted molar refractivity (Wildman–Crippen MR) is 129 cm³/mol. The summed E-state index contributed by atoms with van der Waals surface area (Å²) in [5.74, 6) is -0.591. The van der Waals surface area contributed by atoms with E-state index < -0.39 is 29.3 Å². The Kier molecular flexibility index (Phi) is 7.37. The van der Waals surface area contributed by atoms with Crippen molar-refractivity contribution in [2.75, 3.05) is 12.0 Å². The predicted octanol–water partition coefficient (Wildman–Crippen LogP) is 7.03. The van der Waals surface area contributed by atoms with Crippen LogP contribution in [0.2, 0.25) is 0 Å². The summed E-state index contributed by atoms with van der Waals surface area (Å²) in [7, 11) is 1.54. The molecule has 4 rings (SSSR count). The number of benzene rings is 2. The van der Waals surface area contributed by atoms with Crippen LogP contribution in [0.4, 0.5) is 24.5 Å². The van der Waals surface area contributed by atoms with Gasteiger partial charge in [-0.1, -0.05) is 6.07 Å². The SMILES string of the molecule is COc1ccc(N(c2ccc(C(F)(F)F)c(C(=O)O)c2)C(C)c2cccnc2)cc1OC1CCCC1. The first-order valence-electron chi connectivity index (χ1n) is 11.7. The number of nitrogens with zero attached hydrogens (tertiary/aromatic N) is 2. The fraction of sp³-hybridized carbons (Fsp3) is 0.333. The highest BCUT2D eigenvalue weighted by atomic mass is 19.4. The number of anilines is 2. The van der Waals surface area contributed by atoms with Gasteiger partial charge in [0.15, 0.2) is 11.5 Å². The average Bonchev–Trinajstić information content (AvgIpc) is 3.37.